The molecule has 0 atom stereocenters. The van der Waals surface area contributed by atoms with Gasteiger partial charge in [-0.3, -0.25) is 4.98 Å². The number of nitrogens with zero attached hydrogens (tertiary/aromatic N) is 2. The van der Waals surface area contributed by atoms with E-state index in [-0.39, 0.29) is 11.3 Å². The van der Waals surface area contributed by atoms with Crippen molar-refractivity contribution in [3.05, 3.63) is 53.1 Å². The first-order valence-corrected chi connectivity index (χ1v) is 7.26. The second-order valence-electron chi connectivity index (χ2n) is 5.27. The Balaban J connectivity index is 1.89. The maximum atomic E-state index is 12.6. The Bertz CT molecular complexity index is 732. The van der Waals surface area contributed by atoms with Gasteiger partial charge in [-0.1, -0.05) is 6.07 Å². The molecule has 2 aromatic heterocycles. The molecule has 0 unspecified atom stereocenters. The van der Waals surface area contributed by atoms with Gasteiger partial charge in [-0.05, 0) is 43.5 Å². The topological polar surface area (TPSA) is 66.9 Å². The van der Waals surface area contributed by atoms with Crippen LogP contribution in [0, 0.1) is 13.8 Å². The molecular formula is C16H17F3N4O. The summed E-state index contributed by atoms with van der Waals surface area (Å²) in [5.41, 5.74) is 1.11. The van der Waals surface area contributed by atoms with Gasteiger partial charge in [-0.15, -0.1) is 0 Å². The molecule has 0 radical (unpaired) electrons. The largest absolute Gasteiger partial charge is 0.433 e. The SMILES string of the molecule is Cc1cc(NC(=O)NCCc2cccnc2C)cnc1C(F)(F)F. The Morgan fingerprint density at radius 1 is 1.25 bits per heavy atom. The van der Waals surface area contributed by atoms with E-state index in [0.29, 0.717) is 13.0 Å². The molecule has 2 heterocycles. The lowest BCUT2D eigenvalue weighted by Crippen LogP contribution is -2.30. The number of nitrogens with one attached hydrogen (secondary N) is 2. The van der Waals surface area contributed by atoms with Crippen LogP contribution in [0.4, 0.5) is 23.7 Å². The second-order valence-corrected chi connectivity index (χ2v) is 5.27. The first-order chi connectivity index (χ1) is 11.3. The summed E-state index contributed by atoms with van der Waals surface area (Å²) in [5, 5.41) is 5.11. The quantitative estimate of drug-likeness (QED) is 0.897. The van der Waals surface area contributed by atoms with Crippen molar-refractivity contribution in [3.8, 4) is 0 Å². The Morgan fingerprint density at radius 2 is 2.00 bits per heavy atom. The summed E-state index contributed by atoms with van der Waals surface area (Å²) in [7, 11) is 0. The Hall–Kier alpha value is -2.64. The van der Waals surface area contributed by atoms with E-state index in [2.05, 4.69) is 20.6 Å². The lowest BCUT2D eigenvalue weighted by atomic mass is 10.1. The molecule has 0 saturated heterocycles. The molecule has 0 aromatic carbocycles. The third-order valence-corrected chi connectivity index (χ3v) is 3.40. The van der Waals surface area contributed by atoms with E-state index in [1.54, 1.807) is 6.20 Å². The maximum Gasteiger partial charge on any atom is 0.433 e. The van der Waals surface area contributed by atoms with E-state index in [0.717, 1.165) is 17.5 Å². The molecule has 2 N–H and O–H groups in total. The van der Waals surface area contributed by atoms with Crippen LogP contribution in [0.1, 0.15) is 22.5 Å². The minimum atomic E-state index is -4.51. The van der Waals surface area contributed by atoms with Gasteiger partial charge in [0.05, 0.1) is 11.9 Å². The van der Waals surface area contributed by atoms with Crippen molar-refractivity contribution in [1.29, 1.82) is 0 Å². The number of urea groups is 1. The van der Waals surface area contributed by atoms with Gasteiger partial charge >= 0.3 is 12.2 Å². The maximum absolute atomic E-state index is 12.6. The first-order valence-electron chi connectivity index (χ1n) is 7.26. The lowest BCUT2D eigenvalue weighted by Gasteiger charge is -2.12. The lowest BCUT2D eigenvalue weighted by molar-refractivity contribution is -0.141. The van der Waals surface area contributed by atoms with E-state index in [4.69, 9.17) is 0 Å². The van der Waals surface area contributed by atoms with Crippen molar-refractivity contribution in [2.75, 3.05) is 11.9 Å². The minimum absolute atomic E-state index is 0.0497. The Kier molecular flexibility index (Phi) is 5.38. The molecule has 2 amide bonds. The number of hydrogen-bond donors (Lipinski definition) is 2. The number of pyridine rings is 2. The number of aromatic nitrogens is 2. The van der Waals surface area contributed by atoms with Gasteiger partial charge in [-0.25, -0.2) is 9.78 Å². The first kappa shape index (κ1) is 17.7. The van der Waals surface area contributed by atoms with Gasteiger partial charge in [0.15, 0.2) is 0 Å². The van der Waals surface area contributed by atoms with E-state index in [1.165, 1.54) is 13.0 Å². The highest BCUT2D eigenvalue weighted by Crippen LogP contribution is 2.30. The molecule has 0 aliphatic carbocycles. The fraction of sp³-hybridized carbons (Fsp3) is 0.312. The van der Waals surface area contributed by atoms with E-state index >= 15 is 0 Å². The van der Waals surface area contributed by atoms with Gasteiger partial charge in [-0.2, -0.15) is 13.2 Å². The highest BCUT2D eigenvalue weighted by Gasteiger charge is 2.34. The molecule has 0 fully saturated rings. The minimum Gasteiger partial charge on any atom is -0.338 e. The summed E-state index contributed by atoms with van der Waals surface area (Å²) in [4.78, 5) is 19.3. The second kappa shape index (κ2) is 7.29. The molecule has 128 valence electrons. The van der Waals surface area contributed by atoms with Crippen LogP contribution in [-0.4, -0.2) is 22.5 Å². The van der Waals surface area contributed by atoms with Crippen molar-refractivity contribution in [1.82, 2.24) is 15.3 Å². The van der Waals surface area contributed by atoms with Gasteiger partial charge in [0.2, 0.25) is 0 Å². The summed E-state index contributed by atoms with van der Waals surface area (Å²) < 4.78 is 37.9. The molecule has 0 aliphatic rings. The molecule has 0 saturated carbocycles. The Morgan fingerprint density at radius 3 is 2.62 bits per heavy atom. The van der Waals surface area contributed by atoms with Crippen LogP contribution < -0.4 is 10.6 Å². The summed E-state index contributed by atoms with van der Waals surface area (Å²) in [5.74, 6) is 0. The third-order valence-electron chi connectivity index (χ3n) is 3.40. The van der Waals surface area contributed by atoms with Crippen LogP contribution in [0.25, 0.3) is 0 Å². The van der Waals surface area contributed by atoms with E-state index in [1.807, 2.05) is 19.1 Å². The molecule has 8 heteroatoms. The number of anilines is 1. The van der Waals surface area contributed by atoms with Crippen LogP contribution >= 0.6 is 0 Å². The highest BCUT2D eigenvalue weighted by atomic mass is 19.4. The van der Waals surface area contributed by atoms with Crippen LogP contribution in [0.2, 0.25) is 0 Å². The standard InChI is InChI=1S/C16H17F3N4O/c1-10-8-13(9-22-14(10)16(17,18)19)23-15(24)21-7-5-12-4-3-6-20-11(12)2/h3-4,6,8-9H,5,7H2,1-2H3,(H2,21,23,24). The number of aryl methyl sites for hydroxylation is 2. The van der Waals surface area contributed by atoms with E-state index in [9.17, 15) is 18.0 Å². The monoisotopic (exact) mass is 338 g/mol. The fourth-order valence-corrected chi connectivity index (χ4v) is 2.21. The zero-order valence-electron chi connectivity index (χ0n) is 13.2. The van der Waals surface area contributed by atoms with Crippen molar-refractivity contribution in [2.45, 2.75) is 26.4 Å². The van der Waals surface area contributed by atoms with E-state index < -0.39 is 17.9 Å². The van der Waals surface area contributed by atoms with Gasteiger partial charge < -0.3 is 10.6 Å². The zero-order valence-corrected chi connectivity index (χ0v) is 13.2. The number of alkyl halides is 3. The van der Waals surface area contributed by atoms with Crippen molar-refractivity contribution >= 4 is 11.7 Å². The van der Waals surface area contributed by atoms with Gasteiger partial charge in [0, 0.05) is 18.4 Å². The average Bonchev–Trinajstić information content (AvgIpc) is 2.48. The molecule has 0 spiro atoms. The normalized spacial score (nSPS) is 11.2. The van der Waals surface area contributed by atoms with Crippen molar-refractivity contribution < 1.29 is 18.0 Å². The summed E-state index contributed by atoms with van der Waals surface area (Å²) >= 11 is 0. The number of rotatable bonds is 4. The average molecular weight is 338 g/mol. The third kappa shape index (κ3) is 4.68. The van der Waals surface area contributed by atoms with Gasteiger partial charge in [0.1, 0.15) is 5.69 Å². The summed E-state index contributed by atoms with van der Waals surface area (Å²) in [6.45, 7) is 3.56. The predicted molar refractivity (Wildman–Crippen MR) is 83.7 cm³/mol. The molecule has 24 heavy (non-hydrogen) atoms. The van der Waals surface area contributed by atoms with Crippen molar-refractivity contribution in [3.63, 3.8) is 0 Å². The molecule has 2 rings (SSSR count). The van der Waals surface area contributed by atoms with Crippen LogP contribution in [0.3, 0.4) is 0 Å². The summed E-state index contributed by atoms with van der Waals surface area (Å²) in [6, 6.07) is 4.47. The molecule has 0 aliphatic heterocycles. The van der Waals surface area contributed by atoms with Crippen LogP contribution in [0.5, 0.6) is 0 Å². The van der Waals surface area contributed by atoms with Crippen LogP contribution in [-0.2, 0) is 12.6 Å². The molecular weight excluding hydrogens is 321 g/mol. The summed E-state index contributed by atoms with van der Waals surface area (Å²) in [6.07, 6.45) is -1.22. The highest BCUT2D eigenvalue weighted by molar-refractivity contribution is 5.89. The van der Waals surface area contributed by atoms with Crippen LogP contribution in [0.15, 0.2) is 30.6 Å². The predicted octanol–water partition coefficient (Wildman–Crippen LogP) is 3.48. The zero-order chi connectivity index (χ0) is 17.7. The fourth-order valence-electron chi connectivity index (χ4n) is 2.21. The van der Waals surface area contributed by atoms with Gasteiger partial charge in [0.25, 0.3) is 0 Å². The number of amides is 2. The molecule has 0 bridgehead atoms. The number of carbonyl (C=O) groups excluding carboxylic acids is 1. The van der Waals surface area contributed by atoms with Crippen molar-refractivity contribution in [2.24, 2.45) is 0 Å². The smallest absolute Gasteiger partial charge is 0.338 e. The molecule has 5 nitrogen and oxygen atoms in total. The number of carbonyl (C=O) groups is 1. The number of hydrogen-bond acceptors (Lipinski definition) is 3. The Labute approximate surface area is 137 Å². The molecule has 2 aromatic rings. The number of halogens is 3.